The summed E-state index contributed by atoms with van der Waals surface area (Å²) < 4.78 is 5.35. The predicted molar refractivity (Wildman–Crippen MR) is 85.7 cm³/mol. The van der Waals surface area contributed by atoms with E-state index in [1.54, 1.807) is 0 Å². The summed E-state index contributed by atoms with van der Waals surface area (Å²) in [6, 6.07) is 9.59. The quantitative estimate of drug-likeness (QED) is 0.822. The summed E-state index contributed by atoms with van der Waals surface area (Å²) in [4.78, 5) is 8.79. The second kappa shape index (κ2) is 7.81. The van der Waals surface area contributed by atoms with Crippen molar-refractivity contribution in [2.45, 2.75) is 20.1 Å². The van der Waals surface area contributed by atoms with Crippen molar-refractivity contribution < 1.29 is 4.74 Å². The van der Waals surface area contributed by atoms with Gasteiger partial charge >= 0.3 is 0 Å². The Balaban J connectivity index is 2.07. The lowest BCUT2D eigenvalue weighted by Gasteiger charge is -2.10. The molecule has 2 N–H and O–H groups in total. The number of halogens is 1. The maximum atomic E-state index is 5.98. The molecule has 1 heterocycles. The van der Waals surface area contributed by atoms with Crippen molar-refractivity contribution in [2.24, 2.45) is 0 Å². The van der Waals surface area contributed by atoms with Gasteiger partial charge in [-0.2, -0.15) is 0 Å². The fraction of sp³-hybridized carbons (Fsp3) is 0.333. The third kappa shape index (κ3) is 4.88. The largest absolute Gasteiger partial charge is 0.374 e. The first-order valence-electron chi connectivity index (χ1n) is 6.83. The number of rotatable bonds is 7. The van der Waals surface area contributed by atoms with E-state index in [1.807, 2.05) is 44.3 Å². The number of nitrogens with one attached hydrogen (secondary N) is 2. The lowest BCUT2D eigenvalue weighted by atomic mass is 10.2. The molecule has 2 aromatic rings. The van der Waals surface area contributed by atoms with Crippen LogP contribution in [0.3, 0.4) is 0 Å². The molecule has 0 unspecified atom stereocenters. The molecular formula is C15H19ClN4O. The van der Waals surface area contributed by atoms with Crippen LogP contribution in [0.2, 0.25) is 5.02 Å². The Morgan fingerprint density at radius 1 is 1.19 bits per heavy atom. The first kappa shape index (κ1) is 15.5. The number of aromatic nitrogens is 2. The molecule has 1 aromatic heterocycles. The number of nitrogens with zero attached hydrogens (tertiary/aromatic N) is 2. The average Bonchev–Trinajstić information content (AvgIpc) is 2.51. The molecule has 5 nitrogen and oxygen atoms in total. The molecule has 6 heteroatoms. The van der Waals surface area contributed by atoms with E-state index in [0.29, 0.717) is 25.6 Å². The fourth-order valence-electron chi connectivity index (χ4n) is 1.81. The van der Waals surface area contributed by atoms with Crippen molar-refractivity contribution in [3.63, 3.8) is 0 Å². The predicted octanol–water partition coefficient (Wildman–Crippen LogP) is 3.32. The molecule has 0 saturated heterocycles. The van der Waals surface area contributed by atoms with E-state index < -0.39 is 0 Å². The summed E-state index contributed by atoms with van der Waals surface area (Å²) in [5.41, 5.74) is 1.10. The molecule has 1 aromatic carbocycles. The van der Waals surface area contributed by atoms with Gasteiger partial charge in [-0.3, -0.25) is 0 Å². The van der Waals surface area contributed by atoms with Crippen LogP contribution in [-0.2, 0) is 17.9 Å². The Kier molecular flexibility index (Phi) is 5.78. The van der Waals surface area contributed by atoms with E-state index in [9.17, 15) is 0 Å². The van der Waals surface area contributed by atoms with Gasteiger partial charge in [-0.1, -0.05) is 23.7 Å². The van der Waals surface area contributed by atoms with Gasteiger partial charge in [0.2, 0.25) is 0 Å². The van der Waals surface area contributed by atoms with E-state index in [2.05, 4.69) is 20.6 Å². The Morgan fingerprint density at radius 2 is 2.00 bits per heavy atom. The van der Waals surface area contributed by atoms with E-state index >= 15 is 0 Å². The molecule has 0 atom stereocenters. The van der Waals surface area contributed by atoms with Crippen molar-refractivity contribution in [1.29, 1.82) is 0 Å². The Bertz CT molecular complexity index is 592. The van der Waals surface area contributed by atoms with E-state index in [0.717, 1.165) is 22.2 Å². The van der Waals surface area contributed by atoms with Crippen molar-refractivity contribution in [3.8, 4) is 0 Å². The third-order valence-electron chi connectivity index (χ3n) is 2.83. The van der Waals surface area contributed by atoms with Crippen molar-refractivity contribution in [1.82, 2.24) is 9.97 Å². The van der Waals surface area contributed by atoms with Gasteiger partial charge in [0.15, 0.2) is 5.82 Å². The van der Waals surface area contributed by atoms with Gasteiger partial charge < -0.3 is 15.4 Å². The molecular weight excluding hydrogens is 288 g/mol. The van der Waals surface area contributed by atoms with Crippen LogP contribution in [0.15, 0.2) is 30.3 Å². The van der Waals surface area contributed by atoms with Gasteiger partial charge in [0.25, 0.3) is 0 Å². The van der Waals surface area contributed by atoms with Gasteiger partial charge in [0.05, 0.1) is 0 Å². The zero-order chi connectivity index (χ0) is 15.1. The van der Waals surface area contributed by atoms with Crippen molar-refractivity contribution in [2.75, 3.05) is 24.3 Å². The molecule has 0 radical (unpaired) electrons. The third-order valence-corrected chi connectivity index (χ3v) is 3.06. The molecule has 0 saturated carbocycles. The summed E-state index contributed by atoms with van der Waals surface area (Å²) >= 11 is 5.98. The summed E-state index contributed by atoms with van der Waals surface area (Å²) in [6.45, 7) is 3.63. The molecule has 0 spiro atoms. The van der Waals surface area contributed by atoms with Crippen LogP contribution in [0.1, 0.15) is 18.3 Å². The maximum Gasteiger partial charge on any atom is 0.158 e. The molecule has 0 aliphatic rings. The van der Waals surface area contributed by atoms with Crippen LogP contribution in [0.25, 0.3) is 0 Å². The van der Waals surface area contributed by atoms with Crippen LogP contribution in [0.4, 0.5) is 11.6 Å². The molecule has 0 aliphatic carbocycles. The van der Waals surface area contributed by atoms with Crippen LogP contribution in [0, 0.1) is 0 Å². The lowest BCUT2D eigenvalue weighted by Crippen LogP contribution is -2.07. The Morgan fingerprint density at radius 3 is 2.71 bits per heavy atom. The van der Waals surface area contributed by atoms with Crippen LogP contribution >= 0.6 is 11.6 Å². The average molecular weight is 307 g/mol. The maximum absolute atomic E-state index is 5.98. The summed E-state index contributed by atoms with van der Waals surface area (Å²) in [5.74, 6) is 2.16. The normalized spacial score (nSPS) is 10.4. The minimum absolute atomic E-state index is 0.401. The van der Waals surface area contributed by atoms with Gasteiger partial charge in [0.1, 0.15) is 18.2 Å². The topological polar surface area (TPSA) is 59.1 Å². The first-order valence-corrected chi connectivity index (χ1v) is 7.21. The number of anilines is 2. The summed E-state index contributed by atoms with van der Waals surface area (Å²) in [7, 11) is 1.83. The van der Waals surface area contributed by atoms with E-state index in [-0.39, 0.29) is 0 Å². The first-order chi connectivity index (χ1) is 10.2. The molecule has 2 rings (SSSR count). The highest BCUT2D eigenvalue weighted by molar-refractivity contribution is 6.30. The Labute approximate surface area is 129 Å². The number of hydrogen-bond donors (Lipinski definition) is 2. The zero-order valence-electron chi connectivity index (χ0n) is 12.2. The van der Waals surface area contributed by atoms with Gasteiger partial charge in [-0.05, 0) is 24.6 Å². The lowest BCUT2D eigenvalue weighted by molar-refractivity contribution is 0.128. The van der Waals surface area contributed by atoms with Crippen molar-refractivity contribution >= 4 is 23.2 Å². The zero-order valence-corrected chi connectivity index (χ0v) is 12.9. The van der Waals surface area contributed by atoms with Gasteiger partial charge in [-0.25, -0.2) is 9.97 Å². The molecule has 0 aliphatic heterocycles. The standard InChI is InChI=1S/C15H19ClN4O/c1-3-21-10-15-19-13(17-2)8-14(20-15)18-9-11-5-4-6-12(16)7-11/h4-8H,3,9-10H2,1-2H3,(H2,17,18,19,20). The minimum atomic E-state index is 0.401. The highest BCUT2D eigenvalue weighted by atomic mass is 35.5. The van der Waals surface area contributed by atoms with Crippen LogP contribution in [-0.4, -0.2) is 23.6 Å². The smallest absolute Gasteiger partial charge is 0.158 e. The number of hydrogen-bond acceptors (Lipinski definition) is 5. The molecule has 21 heavy (non-hydrogen) atoms. The SMILES string of the molecule is CCOCc1nc(NC)cc(NCc2cccc(Cl)c2)n1. The van der Waals surface area contributed by atoms with Crippen molar-refractivity contribution in [3.05, 3.63) is 46.7 Å². The second-order valence-corrected chi connectivity index (χ2v) is 4.86. The molecule has 0 fully saturated rings. The van der Waals surface area contributed by atoms with Crippen LogP contribution in [0.5, 0.6) is 0 Å². The van der Waals surface area contributed by atoms with Gasteiger partial charge in [-0.15, -0.1) is 0 Å². The minimum Gasteiger partial charge on any atom is -0.374 e. The highest BCUT2D eigenvalue weighted by Crippen LogP contribution is 2.15. The number of benzene rings is 1. The highest BCUT2D eigenvalue weighted by Gasteiger charge is 2.04. The van der Waals surface area contributed by atoms with Crippen LogP contribution < -0.4 is 10.6 Å². The fourth-order valence-corrected chi connectivity index (χ4v) is 2.03. The van der Waals surface area contributed by atoms with Gasteiger partial charge in [0, 0.05) is 31.3 Å². The second-order valence-electron chi connectivity index (χ2n) is 4.43. The monoisotopic (exact) mass is 306 g/mol. The summed E-state index contributed by atoms with van der Waals surface area (Å²) in [6.07, 6.45) is 0. The molecule has 0 bridgehead atoms. The molecule has 0 amide bonds. The molecule has 112 valence electrons. The summed E-state index contributed by atoms with van der Waals surface area (Å²) in [5, 5.41) is 7.02. The van der Waals surface area contributed by atoms with E-state index in [1.165, 1.54) is 0 Å². The number of ether oxygens (including phenoxy) is 1. The van der Waals surface area contributed by atoms with E-state index in [4.69, 9.17) is 16.3 Å². The Hall–Kier alpha value is -1.85.